The van der Waals surface area contributed by atoms with Crippen molar-refractivity contribution in [1.29, 1.82) is 0 Å². The van der Waals surface area contributed by atoms with Crippen molar-refractivity contribution in [1.82, 2.24) is 5.43 Å². The summed E-state index contributed by atoms with van der Waals surface area (Å²) < 4.78 is 5.90. The minimum absolute atomic E-state index is 0.311. The average molecular weight is 228 g/mol. The molecule has 3 N–H and O–H groups in total. The van der Waals surface area contributed by atoms with E-state index >= 15 is 0 Å². The third kappa shape index (κ3) is 2.76. The van der Waals surface area contributed by atoms with Crippen molar-refractivity contribution in [2.45, 2.75) is 65.7 Å². The van der Waals surface area contributed by atoms with Crippen LogP contribution in [0.4, 0.5) is 0 Å². The number of nitrogens with one attached hydrogen (secondary N) is 1. The molecule has 0 saturated carbocycles. The first kappa shape index (κ1) is 13.9. The molecular formula is C13H28N2O. The highest BCUT2D eigenvalue weighted by molar-refractivity contribution is 4.92. The van der Waals surface area contributed by atoms with Crippen LogP contribution in [0.3, 0.4) is 0 Å². The molecule has 16 heavy (non-hydrogen) atoms. The first-order valence-electron chi connectivity index (χ1n) is 6.64. The largest absolute Gasteiger partial charge is 0.375 e. The Morgan fingerprint density at radius 1 is 1.25 bits per heavy atom. The molecule has 1 saturated heterocycles. The molecule has 0 bridgehead atoms. The summed E-state index contributed by atoms with van der Waals surface area (Å²) in [5.74, 6) is 7.47. The van der Waals surface area contributed by atoms with Gasteiger partial charge in [0.2, 0.25) is 0 Å². The highest BCUT2D eigenvalue weighted by Crippen LogP contribution is 2.37. The quantitative estimate of drug-likeness (QED) is 0.561. The van der Waals surface area contributed by atoms with Crippen molar-refractivity contribution < 1.29 is 4.74 Å². The molecule has 1 rings (SSSR count). The maximum Gasteiger partial charge on any atom is 0.0597 e. The van der Waals surface area contributed by atoms with Crippen LogP contribution in [-0.4, -0.2) is 18.2 Å². The van der Waals surface area contributed by atoms with E-state index in [0.717, 1.165) is 0 Å². The fraction of sp³-hybridized carbons (Fsp3) is 1.00. The van der Waals surface area contributed by atoms with Crippen molar-refractivity contribution in [3.8, 4) is 0 Å². The van der Waals surface area contributed by atoms with Crippen LogP contribution in [0.5, 0.6) is 0 Å². The molecule has 3 heteroatoms. The molecule has 0 radical (unpaired) electrons. The Bertz CT molecular complexity index is 210. The van der Waals surface area contributed by atoms with Crippen LogP contribution >= 0.6 is 0 Å². The Hall–Kier alpha value is -0.120. The van der Waals surface area contributed by atoms with Gasteiger partial charge < -0.3 is 4.74 Å². The highest BCUT2D eigenvalue weighted by Gasteiger charge is 2.42. The van der Waals surface area contributed by atoms with Crippen LogP contribution in [0.25, 0.3) is 0 Å². The number of hydrogen-bond donors (Lipinski definition) is 2. The van der Waals surface area contributed by atoms with Crippen LogP contribution in [0.2, 0.25) is 0 Å². The summed E-state index contributed by atoms with van der Waals surface area (Å²) in [7, 11) is 0. The Balaban J connectivity index is 2.71. The van der Waals surface area contributed by atoms with Gasteiger partial charge in [0.15, 0.2) is 0 Å². The molecule has 3 nitrogen and oxygen atoms in total. The summed E-state index contributed by atoms with van der Waals surface area (Å²) in [5, 5.41) is 0. The molecule has 1 aliphatic heterocycles. The molecule has 0 spiro atoms. The summed E-state index contributed by atoms with van der Waals surface area (Å²) in [4.78, 5) is 0. The van der Waals surface area contributed by atoms with Gasteiger partial charge >= 0.3 is 0 Å². The lowest BCUT2D eigenvalue weighted by molar-refractivity contribution is 0.0445. The molecule has 6 atom stereocenters. The van der Waals surface area contributed by atoms with Crippen molar-refractivity contribution in [2.75, 3.05) is 0 Å². The second kappa shape index (κ2) is 5.99. The third-order valence-corrected chi connectivity index (χ3v) is 4.28. The average Bonchev–Trinajstić information content (AvgIpc) is 2.46. The number of hydrazine groups is 1. The van der Waals surface area contributed by atoms with Crippen molar-refractivity contribution >= 4 is 0 Å². The van der Waals surface area contributed by atoms with Crippen LogP contribution in [-0.2, 0) is 4.74 Å². The Morgan fingerprint density at radius 3 is 2.25 bits per heavy atom. The molecule has 1 fully saturated rings. The number of ether oxygens (including phenoxy) is 1. The van der Waals surface area contributed by atoms with Gasteiger partial charge in [0.1, 0.15) is 0 Å². The van der Waals surface area contributed by atoms with Gasteiger partial charge in [-0.25, -0.2) is 0 Å². The van der Waals surface area contributed by atoms with E-state index in [-0.39, 0.29) is 0 Å². The molecule has 0 amide bonds. The second-order valence-corrected chi connectivity index (χ2v) is 5.44. The van der Waals surface area contributed by atoms with Crippen LogP contribution < -0.4 is 11.3 Å². The van der Waals surface area contributed by atoms with Gasteiger partial charge in [0.25, 0.3) is 0 Å². The van der Waals surface area contributed by atoms with Crippen molar-refractivity contribution in [2.24, 2.45) is 23.6 Å². The minimum Gasteiger partial charge on any atom is -0.375 e. The zero-order valence-electron chi connectivity index (χ0n) is 11.4. The lowest BCUT2D eigenvalue weighted by Gasteiger charge is -2.33. The summed E-state index contributed by atoms with van der Waals surface area (Å²) in [6, 6.07) is 0.370. The van der Waals surface area contributed by atoms with E-state index in [9.17, 15) is 0 Å². The zero-order chi connectivity index (χ0) is 12.3. The van der Waals surface area contributed by atoms with E-state index in [4.69, 9.17) is 10.6 Å². The van der Waals surface area contributed by atoms with Crippen molar-refractivity contribution in [3.05, 3.63) is 0 Å². The monoisotopic (exact) mass is 228 g/mol. The molecule has 1 heterocycles. The van der Waals surface area contributed by atoms with Gasteiger partial charge in [0.05, 0.1) is 12.2 Å². The van der Waals surface area contributed by atoms with Gasteiger partial charge in [-0.1, -0.05) is 27.2 Å². The van der Waals surface area contributed by atoms with Gasteiger partial charge in [0, 0.05) is 12.0 Å². The minimum atomic E-state index is 0.311. The van der Waals surface area contributed by atoms with Crippen LogP contribution in [0, 0.1) is 17.8 Å². The number of rotatable bonds is 5. The van der Waals surface area contributed by atoms with Crippen molar-refractivity contribution in [3.63, 3.8) is 0 Å². The summed E-state index contributed by atoms with van der Waals surface area (Å²) in [5.41, 5.74) is 3.03. The van der Waals surface area contributed by atoms with Gasteiger partial charge in [-0.3, -0.25) is 11.3 Å². The Kier molecular flexibility index (Phi) is 5.22. The van der Waals surface area contributed by atoms with Gasteiger partial charge in [-0.2, -0.15) is 0 Å². The summed E-state index contributed by atoms with van der Waals surface area (Å²) in [6.45, 7) is 11.1. The Labute approximate surface area is 100 Å². The summed E-state index contributed by atoms with van der Waals surface area (Å²) >= 11 is 0. The predicted molar refractivity (Wildman–Crippen MR) is 67.8 cm³/mol. The van der Waals surface area contributed by atoms with Gasteiger partial charge in [-0.05, 0) is 32.1 Å². The highest BCUT2D eigenvalue weighted by atomic mass is 16.5. The fourth-order valence-electron chi connectivity index (χ4n) is 3.20. The maximum atomic E-state index is 5.90. The van der Waals surface area contributed by atoms with Crippen LogP contribution in [0.1, 0.15) is 47.5 Å². The second-order valence-electron chi connectivity index (χ2n) is 5.44. The molecular weight excluding hydrogens is 200 g/mol. The Morgan fingerprint density at radius 2 is 1.88 bits per heavy atom. The maximum absolute atomic E-state index is 5.90. The molecule has 96 valence electrons. The topological polar surface area (TPSA) is 47.3 Å². The van der Waals surface area contributed by atoms with Gasteiger partial charge in [-0.15, -0.1) is 0 Å². The third-order valence-electron chi connectivity index (χ3n) is 4.28. The number of nitrogens with two attached hydrogens (primary N) is 1. The lowest BCUT2D eigenvalue weighted by atomic mass is 9.77. The molecule has 1 aliphatic rings. The van der Waals surface area contributed by atoms with E-state index in [1.165, 1.54) is 12.8 Å². The first-order chi connectivity index (χ1) is 7.52. The lowest BCUT2D eigenvalue weighted by Crippen LogP contribution is -2.49. The predicted octanol–water partition coefficient (Wildman–Crippen LogP) is 2.31. The van der Waals surface area contributed by atoms with E-state index in [1.54, 1.807) is 0 Å². The van der Waals surface area contributed by atoms with Crippen LogP contribution in [0.15, 0.2) is 0 Å². The number of hydrogen-bond acceptors (Lipinski definition) is 3. The fourth-order valence-corrected chi connectivity index (χ4v) is 3.20. The van der Waals surface area contributed by atoms with E-state index < -0.39 is 0 Å². The standard InChI is InChI=1S/C13H28N2O/c1-6-7-8(2)13(15-14)12-9(3)10(4)16-11(12)5/h8-13,15H,6-7,14H2,1-5H3. The summed E-state index contributed by atoms with van der Waals surface area (Å²) in [6.07, 6.45) is 3.10. The molecule has 6 unspecified atom stereocenters. The smallest absolute Gasteiger partial charge is 0.0597 e. The molecule has 0 aliphatic carbocycles. The van der Waals surface area contributed by atoms with E-state index in [2.05, 4.69) is 40.0 Å². The molecule has 0 aromatic carbocycles. The van der Waals surface area contributed by atoms with E-state index in [0.29, 0.717) is 36.0 Å². The van der Waals surface area contributed by atoms with E-state index in [1.807, 2.05) is 0 Å². The molecule has 0 aromatic rings. The normalized spacial score (nSPS) is 38.6. The SMILES string of the molecule is CCCC(C)C(NN)C1C(C)OC(C)C1C. The first-order valence-corrected chi connectivity index (χ1v) is 6.64. The zero-order valence-corrected chi connectivity index (χ0v) is 11.4. The molecule has 0 aromatic heterocycles.